The van der Waals surface area contributed by atoms with Crippen molar-refractivity contribution in [1.29, 1.82) is 0 Å². The first kappa shape index (κ1) is 21.5. The topological polar surface area (TPSA) is 84.5 Å². The van der Waals surface area contributed by atoms with Crippen molar-refractivity contribution in [3.8, 4) is 5.75 Å². The van der Waals surface area contributed by atoms with Gasteiger partial charge in [-0.3, -0.25) is 4.79 Å². The molecule has 2 aromatic carbocycles. The lowest BCUT2D eigenvalue weighted by molar-refractivity contribution is -0.118. The number of unbranched alkanes of at least 4 members (excludes halogenated alkanes) is 1. The Bertz CT molecular complexity index is 887. The number of anilines is 1. The van der Waals surface area contributed by atoms with Gasteiger partial charge in [-0.05, 0) is 48.9 Å². The van der Waals surface area contributed by atoms with Crippen molar-refractivity contribution in [3.63, 3.8) is 0 Å². The molecule has 9 heteroatoms. The van der Waals surface area contributed by atoms with Gasteiger partial charge in [-0.25, -0.2) is 13.1 Å². The zero-order chi connectivity index (χ0) is 19.9. The van der Waals surface area contributed by atoms with Gasteiger partial charge in [0.25, 0.3) is 5.91 Å². The fourth-order valence-electron chi connectivity index (χ4n) is 2.10. The quantitative estimate of drug-likeness (QED) is 0.586. The van der Waals surface area contributed by atoms with E-state index < -0.39 is 10.0 Å². The number of rotatable bonds is 9. The van der Waals surface area contributed by atoms with Gasteiger partial charge < -0.3 is 10.1 Å². The number of carbonyl (C=O) groups is 1. The van der Waals surface area contributed by atoms with E-state index in [1.54, 1.807) is 12.1 Å². The van der Waals surface area contributed by atoms with E-state index in [2.05, 4.69) is 10.0 Å². The summed E-state index contributed by atoms with van der Waals surface area (Å²) < 4.78 is 32.1. The monoisotopic (exact) mass is 430 g/mol. The van der Waals surface area contributed by atoms with Gasteiger partial charge in [0.05, 0.1) is 14.9 Å². The van der Waals surface area contributed by atoms with Gasteiger partial charge >= 0.3 is 0 Å². The maximum Gasteiger partial charge on any atom is 0.262 e. The summed E-state index contributed by atoms with van der Waals surface area (Å²) in [5, 5.41) is 3.36. The molecule has 2 N–H and O–H groups in total. The highest BCUT2D eigenvalue weighted by Crippen LogP contribution is 2.25. The third kappa shape index (κ3) is 6.70. The SMILES string of the molecule is CCCCNS(=O)(=O)c1ccc(OCC(=O)Nc2ccc(Cl)c(Cl)c2)cc1. The fraction of sp³-hybridized carbons (Fsp3) is 0.278. The van der Waals surface area contributed by atoms with Crippen LogP contribution in [0.1, 0.15) is 19.8 Å². The molecule has 27 heavy (non-hydrogen) atoms. The van der Waals surface area contributed by atoms with Crippen molar-refractivity contribution < 1.29 is 17.9 Å². The lowest BCUT2D eigenvalue weighted by Crippen LogP contribution is -2.24. The highest BCUT2D eigenvalue weighted by atomic mass is 35.5. The van der Waals surface area contributed by atoms with Gasteiger partial charge in [0.15, 0.2) is 6.61 Å². The minimum atomic E-state index is -3.54. The Kier molecular flexibility index (Phi) is 7.91. The third-order valence-electron chi connectivity index (χ3n) is 3.53. The average molecular weight is 431 g/mol. The van der Waals surface area contributed by atoms with Gasteiger partial charge in [-0.15, -0.1) is 0 Å². The lowest BCUT2D eigenvalue weighted by atomic mass is 10.3. The van der Waals surface area contributed by atoms with Crippen molar-refractivity contribution in [2.24, 2.45) is 0 Å². The van der Waals surface area contributed by atoms with Crippen molar-refractivity contribution >= 4 is 44.8 Å². The van der Waals surface area contributed by atoms with Crippen LogP contribution < -0.4 is 14.8 Å². The summed E-state index contributed by atoms with van der Waals surface area (Å²) in [6.45, 7) is 2.14. The molecule has 0 aliphatic heterocycles. The number of amides is 1. The molecule has 0 aliphatic carbocycles. The Morgan fingerprint density at radius 1 is 1.07 bits per heavy atom. The molecular formula is C18H20Cl2N2O4S. The molecule has 6 nitrogen and oxygen atoms in total. The van der Waals surface area contributed by atoms with Crippen LogP contribution in [-0.4, -0.2) is 27.5 Å². The van der Waals surface area contributed by atoms with Crippen LogP contribution in [0.5, 0.6) is 5.75 Å². The molecule has 0 aromatic heterocycles. The van der Waals surface area contributed by atoms with Crippen molar-refractivity contribution in [3.05, 3.63) is 52.5 Å². The average Bonchev–Trinajstić information content (AvgIpc) is 2.63. The molecular weight excluding hydrogens is 411 g/mol. The molecule has 0 saturated heterocycles. The minimum Gasteiger partial charge on any atom is -0.484 e. The van der Waals surface area contributed by atoms with E-state index in [0.717, 1.165) is 12.8 Å². The number of ether oxygens (including phenoxy) is 1. The van der Waals surface area contributed by atoms with Gasteiger partial charge in [0, 0.05) is 12.2 Å². The normalized spacial score (nSPS) is 11.2. The minimum absolute atomic E-state index is 0.145. The Hall–Kier alpha value is -1.80. The first-order valence-electron chi connectivity index (χ1n) is 8.29. The van der Waals surface area contributed by atoms with E-state index in [4.69, 9.17) is 27.9 Å². The number of hydrogen-bond donors (Lipinski definition) is 2. The number of carbonyl (C=O) groups excluding carboxylic acids is 1. The molecule has 146 valence electrons. The van der Waals surface area contributed by atoms with E-state index in [1.165, 1.54) is 30.3 Å². The van der Waals surface area contributed by atoms with Crippen LogP contribution in [0.15, 0.2) is 47.4 Å². The van der Waals surface area contributed by atoms with Crippen molar-refractivity contribution in [1.82, 2.24) is 4.72 Å². The van der Waals surface area contributed by atoms with Gasteiger partial charge in [-0.2, -0.15) is 0 Å². The Labute approximate surface area is 168 Å². The maximum atomic E-state index is 12.1. The Morgan fingerprint density at radius 3 is 2.41 bits per heavy atom. The fourth-order valence-corrected chi connectivity index (χ4v) is 3.47. The molecule has 0 bridgehead atoms. The molecule has 2 aromatic rings. The van der Waals surface area contributed by atoms with Crippen LogP contribution in [0.4, 0.5) is 5.69 Å². The van der Waals surface area contributed by atoms with Crippen LogP contribution >= 0.6 is 23.2 Å². The van der Waals surface area contributed by atoms with Crippen LogP contribution in [0.3, 0.4) is 0 Å². The predicted octanol–water partition coefficient (Wildman–Crippen LogP) is 4.09. The molecule has 1 amide bonds. The molecule has 0 heterocycles. The highest BCUT2D eigenvalue weighted by Gasteiger charge is 2.13. The van der Waals surface area contributed by atoms with Crippen molar-refractivity contribution in [2.75, 3.05) is 18.5 Å². The van der Waals surface area contributed by atoms with Crippen LogP contribution in [-0.2, 0) is 14.8 Å². The van der Waals surface area contributed by atoms with E-state index in [9.17, 15) is 13.2 Å². The number of hydrogen-bond acceptors (Lipinski definition) is 4. The second-order valence-corrected chi connectivity index (χ2v) is 8.27. The molecule has 2 rings (SSSR count). The lowest BCUT2D eigenvalue weighted by Gasteiger charge is -2.09. The van der Waals surface area contributed by atoms with Gasteiger partial charge in [-0.1, -0.05) is 36.5 Å². The first-order chi connectivity index (χ1) is 12.8. The zero-order valence-electron chi connectivity index (χ0n) is 14.7. The second kappa shape index (κ2) is 9.94. The van der Waals surface area contributed by atoms with Crippen molar-refractivity contribution in [2.45, 2.75) is 24.7 Å². The summed E-state index contributed by atoms with van der Waals surface area (Å²) in [6.07, 6.45) is 1.67. The number of benzene rings is 2. The molecule has 0 atom stereocenters. The predicted molar refractivity (Wildman–Crippen MR) is 107 cm³/mol. The Balaban J connectivity index is 1.88. The summed E-state index contributed by atoms with van der Waals surface area (Å²) >= 11 is 11.7. The highest BCUT2D eigenvalue weighted by molar-refractivity contribution is 7.89. The molecule has 0 saturated carbocycles. The van der Waals surface area contributed by atoms with E-state index in [1.807, 2.05) is 6.92 Å². The molecule has 0 spiro atoms. The summed E-state index contributed by atoms with van der Waals surface area (Å²) in [7, 11) is -3.54. The number of nitrogens with one attached hydrogen (secondary N) is 2. The zero-order valence-corrected chi connectivity index (χ0v) is 17.0. The summed E-state index contributed by atoms with van der Waals surface area (Å²) in [4.78, 5) is 12.1. The third-order valence-corrected chi connectivity index (χ3v) is 5.75. The van der Waals surface area contributed by atoms with E-state index >= 15 is 0 Å². The number of sulfonamides is 1. The molecule has 0 aliphatic rings. The van der Waals surface area contributed by atoms with Crippen LogP contribution in [0, 0.1) is 0 Å². The summed E-state index contributed by atoms with van der Waals surface area (Å²) in [5.74, 6) is -0.00174. The second-order valence-electron chi connectivity index (χ2n) is 5.69. The molecule has 0 fully saturated rings. The molecule has 0 radical (unpaired) electrons. The van der Waals surface area contributed by atoms with E-state index in [-0.39, 0.29) is 17.4 Å². The standard InChI is InChI=1S/C18H20Cl2N2O4S/c1-2-3-10-21-27(24,25)15-7-5-14(6-8-15)26-12-18(23)22-13-4-9-16(19)17(20)11-13/h4-9,11,21H,2-3,10,12H2,1H3,(H,22,23). The van der Waals surface area contributed by atoms with Crippen LogP contribution in [0.2, 0.25) is 10.0 Å². The number of halogens is 2. The van der Waals surface area contributed by atoms with E-state index in [0.29, 0.717) is 28.0 Å². The largest absolute Gasteiger partial charge is 0.484 e. The Morgan fingerprint density at radius 2 is 1.78 bits per heavy atom. The van der Waals surface area contributed by atoms with Gasteiger partial charge in [0.1, 0.15) is 5.75 Å². The first-order valence-corrected chi connectivity index (χ1v) is 10.5. The summed E-state index contributed by atoms with van der Waals surface area (Å²) in [6, 6.07) is 10.6. The molecule has 0 unspecified atom stereocenters. The maximum absolute atomic E-state index is 12.1. The van der Waals surface area contributed by atoms with Crippen LogP contribution in [0.25, 0.3) is 0 Å². The summed E-state index contributed by atoms with van der Waals surface area (Å²) in [5.41, 5.74) is 0.498. The van der Waals surface area contributed by atoms with Gasteiger partial charge in [0.2, 0.25) is 10.0 Å². The smallest absolute Gasteiger partial charge is 0.262 e.